The summed E-state index contributed by atoms with van der Waals surface area (Å²) in [5.41, 5.74) is 0.143. The van der Waals surface area contributed by atoms with Gasteiger partial charge in [-0.1, -0.05) is 23.7 Å². The van der Waals surface area contributed by atoms with Gasteiger partial charge in [0.25, 0.3) is 5.78 Å². The third kappa shape index (κ3) is 4.24. The van der Waals surface area contributed by atoms with E-state index >= 15 is 0 Å². The Morgan fingerprint density at radius 3 is 2.10 bits per heavy atom. The second kappa shape index (κ2) is 7.40. The van der Waals surface area contributed by atoms with Crippen LogP contribution in [0.15, 0.2) is 24.3 Å². The largest absolute Gasteiger partial charge is 0.471 e. The van der Waals surface area contributed by atoms with E-state index in [1.165, 1.54) is 28.8 Å². The van der Waals surface area contributed by atoms with Crippen molar-refractivity contribution < 1.29 is 35.9 Å². The number of aromatic nitrogens is 5. The number of nitrogens with zero attached hydrogens (tertiary/aromatic N) is 5. The van der Waals surface area contributed by atoms with E-state index in [0.717, 1.165) is 0 Å². The molecule has 0 bridgehead atoms. The van der Waals surface area contributed by atoms with Crippen molar-refractivity contribution in [2.45, 2.75) is 12.4 Å². The molecule has 0 radical (unpaired) electrons. The minimum absolute atomic E-state index is 0.0920. The summed E-state index contributed by atoms with van der Waals surface area (Å²) < 4.78 is 76.1. The van der Waals surface area contributed by atoms with Crippen LogP contribution in [0.5, 0.6) is 0 Å². The Morgan fingerprint density at radius 1 is 0.900 bits per heavy atom. The van der Waals surface area contributed by atoms with E-state index in [2.05, 4.69) is 20.2 Å². The third-order valence-electron chi connectivity index (χ3n) is 3.36. The smallest absolute Gasteiger partial charge is 0.288 e. The predicted octanol–water partition coefficient (Wildman–Crippen LogP) is 2.84. The van der Waals surface area contributed by atoms with E-state index in [1.807, 2.05) is 0 Å². The van der Waals surface area contributed by atoms with Gasteiger partial charge in [-0.2, -0.15) is 36.3 Å². The van der Waals surface area contributed by atoms with Crippen LogP contribution in [0.25, 0.3) is 17.2 Å². The highest BCUT2D eigenvalue weighted by atomic mass is 35.5. The Balaban J connectivity index is 2.17. The lowest BCUT2D eigenvalue weighted by molar-refractivity contribution is -0.167. The minimum Gasteiger partial charge on any atom is -0.288 e. The summed E-state index contributed by atoms with van der Waals surface area (Å²) in [6.45, 7) is 0. The van der Waals surface area contributed by atoms with E-state index < -0.39 is 41.8 Å². The summed E-state index contributed by atoms with van der Waals surface area (Å²) in [5, 5.41) is 9.96. The number of rotatable bonds is 3. The van der Waals surface area contributed by atoms with Gasteiger partial charge in [0.05, 0.1) is 5.02 Å². The monoisotopic (exact) mass is 453 g/mol. The molecule has 0 saturated carbocycles. The first-order chi connectivity index (χ1) is 13.9. The molecular formula is C14H6ClF6N7O2. The van der Waals surface area contributed by atoms with Crippen molar-refractivity contribution >= 4 is 41.1 Å². The maximum atomic E-state index is 12.7. The van der Waals surface area contributed by atoms with Crippen LogP contribution in [0.2, 0.25) is 5.02 Å². The Bertz CT molecular complexity index is 1140. The van der Waals surface area contributed by atoms with E-state index in [0.29, 0.717) is 4.40 Å². The molecule has 0 saturated heterocycles. The fourth-order valence-electron chi connectivity index (χ4n) is 2.12. The predicted molar refractivity (Wildman–Crippen MR) is 88.4 cm³/mol. The highest BCUT2D eigenvalue weighted by Crippen LogP contribution is 2.29. The van der Waals surface area contributed by atoms with Crippen LogP contribution in [0.1, 0.15) is 0 Å². The lowest BCUT2D eigenvalue weighted by atomic mass is 10.2. The van der Waals surface area contributed by atoms with Gasteiger partial charge in [0.15, 0.2) is 5.82 Å². The highest BCUT2D eigenvalue weighted by Gasteiger charge is 2.41. The number of nitrogens with one attached hydrogen (secondary N) is 2. The van der Waals surface area contributed by atoms with Gasteiger partial charge in [-0.3, -0.25) is 20.2 Å². The molecule has 0 fully saturated rings. The molecule has 158 valence electrons. The number of benzene rings is 1. The zero-order chi connectivity index (χ0) is 22.3. The zero-order valence-electron chi connectivity index (χ0n) is 14.0. The van der Waals surface area contributed by atoms with Crippen LogP contribution in [0.4, 0.5) is 38.2 Å². The molecule has 0 unspecified atom stereocenters. The summed E-state index contributed by atoms with van der Waals surface area (Å²) in [5.74, 6) is -7.81. The summed E-state index contributed by atoms with van der Waals surface area (Å²) in [6, 6.07) is 5.88. The Morgan fingerprint density at radius 2 is 1.50 bits per heavy atom. The number of carbonyl (C=O) groups excluding carboxylic acids is 2. The first-order valence-electron chi connectivity index (χ1n) is 7.52. The van der Waals surface area contributed by atoms with Crippen molar-refractivity contribution in [2.75, 3.05) is 10.6 Å². The number of carbonyl (C=O) groups is 2. The number of anilines is 2. The number of halogens is 7. The average molecular weight is 454 g/mol. The molecule has 0 aliphatic rings. The van der Waals surface area contributed by atoms with Gasteiger partial charge < -0.3 is 0 Å². The quantitative estimate of drug-likeness (QED) is 0.589. The van der Waals surface area contributed by atoms with Crippen LogP contribution in [-0.2, 0) is 9.59 Å². The SMILES string of the molecule is O=C(Nc1nc(NC(=O)C(F)(F)F)n2c(-c3ccccc3Cl)nnc2n1)C(F)(F)F. The third-order valence-corrected chi connectivity index (χ3v) is 3.69. The molecule has 30 heavy (non-hydrogen) atoms. The normalized spacial score (nSPS) is 12.1. The molecule has 0 aliphatic heterocycles. The molecule has 2 aromatic heterocycles. The second-order valence-corrected chi connectivity index (χ2v) is 5.82. The molecule has 9 nitrogen and oxygen atoms in total. The molecule has 1 aromatic carbocycles. The van der Waals surface area contributed by atoms with Gasteiger partial charge in [-0.05, 0) is 12.1 Å². The van der Waals surface area contributed by atoms with Crippen LogP contribution in [0.3, 0.4) is 0 Å². The van der Waals surface area contributed by atoms with Crippen molar-refractivity contribution in [1.82, 2.24) is 24.6 Å². The van der Waals surface area contributed by atoms with E-state index in [9.17, 15) is 35.9 Å². The van der Waals surface area contributed by atoms with Gasteiger partial charge >= 0.3 is 24.2 Å². The van der Waals surface area contributed by atoms with Gasteiger partial charge in [0, 0.05) is 5.56 Å². The minimum atomic E-state index is -5.36. The average Bonchev–Trinajstić information content (AvgIpc) is 3.04. The highest BCUT2D eigenvalue weighted by molar-refractivity contribution is 6.33. The Labute approximate surface area is 166 Å². The molecular weight excluding hydrogens is 448 g/mol. The molecule has 0 aliphatic carbocycles. The maximum absolute atomic E-state index is 12.7. The number of alkyl halides is 6. The second-order valence-electron chi connectivity index (χ2n) is 5.41. The fourth-order valence-corrected chi connectivity index (χ4v) is 2.34. The van der Waals surface area contributed by atoms with Crippen molar-refractivity contribution in [3.63, 3.8) is 0 Å². The standard InChI is InChI=1S/C14H6ClF6N7O2/c15-6-4-2-1-3-5(6)7-26-27-12-25-10(22-8(29)13(16,17)18)24-11(28(7)12)23-9(30)14(19,20)21/h1-4H,(H2,22,23,24,25,27,29,30). The molecule has 0 atom stereocenters. The zero-order valence-corrected chi connectivity index (χ0v) is 14.8. The molecule has 3 rings (SSSR count). The topological polar surface area (TPSA) is 114 Å². The van der Waals surface area contributed by atoms with Gasteiger partial charge in [-0.15, -0.1) is 10.2 Å². The number of amides is 2. The molecule has 2 N–H and O–H groups in total. The number of hydrogen-bond acceptors (Lipinski definition) is 6. The fraction of sp³-hybridized carbons (Fsp3) is 0.143. The molecule has 0 spiro atoms. The van der Waals surface area contributed by atoms with Gasteiger partial charge in [0.2, 0.25) is 11.9 Å². The van der Waals surface area contributed by atoms with Crippen molar-refractivity contribution in [3.05, 3.63) is 29.3 Å². The number of hydrogen-bond donors (Lipinski definition) is 2. The van der Waals surface area contributed by atoms with Crippen LogP contribution in [-0.4, -0.2) is 48.7 Å². The van der Waals surface area contributed by atoms with Gasteiger partial charge in [0.1, 0.15) is 0 Å². The molecule has 2 heterocycles. The first-order valence-corrected chi connectivity index (χ1v) is 7.90. The van der Waals surface area contributed by atoms with Crippen molar-refractivity contribution in [3.8, 4) is 11.4 Å². The van der Waals surface area contributed by atoms with E-state index in [4.69, 9.17) is 11.6 Å². The maximum Gasteiger partial charge on any atom is 0.471 e. The lowest BCUT2D eigenvalue weighted by Gasteiger charge is -2.12. The first kappa shape index (κ1) is 21.2. The Kier molecular flexibility index (Phi) is 5.23. The van der Waals surface area contributed by atoms with Crippen molar-refractivity contribution in [2.24, 2.45) is 0 Å². The number of fused-ring (bicyclic) bond motifs is 1. The van der Waals surface area contributed by atoms with Crippen molar-refractivity contribution in [1.29, 1.82) is 0 Å². The molecule has 16 heteroatoms. The van der Waals surface area contributed by atoms with Crippen LogP contribution < -0.4 is 10.6 Å². The summed E-state index contributed by atoms with van der Waals surface area (Å²) in [4.78, 5) is 29.3. The summed E-state index contributed by atoms with van der Waals surface area (Å²) in [7, 11) is 0. The van der Waals surface area contributed by atoms with E-state index in [-0.39, 0.29) is 16.4 Å². The molecule has 2 amide bonds. The lowest BCUT2D eigenvalue weighted by Crippen LogP contribution is -2.33. The van der Waals surface area contributed by atoms with Crippen LogP contribution in [0, 0.1) is 0 Å². The van der Waals surface area contributed by atoms with Crippen LogP contribution >= 0.6 is 11.6 Å². The Hall–Kier alpha value is -3.49. The van der Waals surface area contributed by atoms with E-state index in [1.54, 1.807) is 6.07 Å². The van der Waals surface area contributed by atoms with Gasteiger partial charge in [-0.25, -0.2) is 4.40 Å². The summed E-state index contributed by atoms with van der Waals surface area (Å²) >= 11 is 6.03. The summed E-state index contributed by atoms with van der Waals surface area (Å²) in [6.07, 6.45) is -10.7. The molecule has 3 aromatic rings.